The van der Waals surface area contributed by atoms with Crippen molar-refractivity contribution >= 4 is 11.8 Å². The number of carbonyl (C=O) groups is 2. The number of rotatable bonds is 8. The molecule has 2 rings (SSSR count). The number of nitrogens with one attached hydrogen (secondary N) is 1. The Balaban J connectivity index is 1.95. The van der Waals surface area contributed by atoms with Gasteiger partial charge >= 0.3 is 0 Å². The predicted molar refractivity (Wildman–Crippen MR) is 77.6 cm³/mol. The minimum absolute atomic E-state index is 0.173. The van der Waals surface area contributed by atoms with Gasteiger partial charge in [-0.05, 0) is 25.7 Å². The van der Waals surface area contributed by atoms with Gasteiger partial charge in [0, 0.05) is 19.0 Å². The third-order valence-corrected chi connectivity index (χ3v) is 3.38. The summed E-state index contributed by atoms with van der Waals surface area (Å²) in [6.45, 7) is 5.66. The molecule has 0 spiro atoms. The summed E-state index contributed by atoms with van der Waals surface area (Å²) in [7, 11) is 0. The van der Waals surface area contributed by atoms with Crippen LogP contribution in [0, 0.1) is 5.92 Å². The van der Waals surface area contributed by atoms with E-state index in [0.29, 0.717) is 25.5 Å². The molecule has 0 saturated heterocycles. The highest BCUT2D eigenvalue weighted by Crippen LogP contribution is 2.31. The second-order valence-electron chi connectivity index (χ2n) is 5.42. The Kier molecular flexibility index (Phi) is 5.36. The van der Waals surface area contributed by atoms with Crippen molar-refractivity contribution in [2.75, 3.05) is 13.1 Å². The fourth-order valence-corrected chi connectivity index (χ4v) is 2.11. The Morgan fingerprint density at radius 2 is 2.14 bits per heavy atom. The molecule has 0 radical (unpaired) electrons. The van der Waals surface area contributed by atoms with Gasteiger partial charge in [-0.15, -0.1) is 0 Å². The van der Waals surface area contributed by atoms with Gasteiger partial charge in [-0.3, -0.25) is 9.59 Å². The molecule has 1 aromatic heterocycles. The normalized spacial score (nSPS) is 14.0. The van der Waals surface area contributed by atoms with Crippen molar-refractivity contribution < 1.29 is 14.0 Å². The maximum absolute atomic E-state index is 12.2. The summed E-state index contributed by atoms with van der Waals surface area (Å²) >= 11 is 0. The molecule has 1 saturated carbocycles. The molecule has 0 atom stereocenters. The lowest BCUT2D eigenvalue weighted by Gasteiger charge is -2.20. The zero-order chi connectivity index (χ0) is 15.2. The van der Waals surface area contributed by atoms with Crippen LogP contribution in [0.1, 0.15) is 55.9 Å². The molecule has 2 amide bonds. The average molecular weight is 293 g/mol. The fraction of sp³-hybridized carbons (Fsp3) is 0.667. The summed E-state index contributed by atoms with van der Waals surface area (Å²) in [5.41, 5.74) is 0.272. The maximum atomic E-state index is 12.2. The first kappa shape index (κ1) is 15.5. The van der Waals surface area contributed by atoms with Crippen molar-refractivity contribution in [3.63, 3.8) is 0 Å². The molecule has 0 aliphatic heterocycles. The molecule has 6 nitrogen and oxygen atoms in total. The zero-order valence-corrected chi connectivity index (χ0v) is 12.7. The lowest BCUT2D eigenvalue weighted by atomic mass is 10.3. The van der Waals surface area contributed by atoms with E-state index >= 15 is 0 Å². The van der Waals surface area contributed by atoms with Gasteiger partial charge < -0.3 is 14.6 Å². The van der Waals surface area contributed by atoms with Crippen molar-refractivity contribution in [3.8, 4) is 0 Å². The summed E-state index contributed by atoms with van der Waals surface area (Å²) in [4.78, 5) is 29.9. The van der Waals surface area contributed by atoms with Crippen LogP contribution in [0.2, 0.25) is 0 Å². The van der Waals surface area contributed by atoms with Crippen LogP contribution in [-0.4, -0.2) is 34.8 Å². The molecule has 0 bridgehead atoms. The molecule has 1 N–H and O–H groups in total. The van der Waals surface area contributed by atoms with Gasteiger partial charge in [-0.1, -0.05) is 13.8 Å². The molecular formula is C15H23N3O3. The van der Waals surface area contributed by atoms with Crippen LogP contribution in [0.4, 0.5) is 0 Å². The van der Waals surface area contributed by atoms with Crippen LogP contribution in [0.3, 0.4) is 0 Å². The molecule has 6 heteroatoms. The number of aromatic nitrogens is 1. The SMILES string of the molecule is CCCNC(=O)c1coc(CN(CCC)C(=O)C2CC2)n1. The molecule has 1 heterocycles. The second kappa shape index (κ2) is 7.24. The summed E-state index contributed by atoms with van der Waals surface area (Å²) in [6, 6.07) is 0. The van der Waals surface area contributed by atoms with Crippen LogP contribution in [-0.2, 0) is 11.3 Å². The molecular weight excluding hydrogens is 270 g/mol. The smallest absolute Gasteiger partial charge is 0.273 e. The van der Waals surface area contributed by atoms with E-state index in [1.807, 2.05) is 13.8 Å². The highest BCUT2D eigenvalue weighted by atomic mass is 16.3. The molecule has 116 valence electrons. The van der Waals surface area contributed by atoms with Gasteiger partial charge in [0.15, 0.2) is 5.69 Å². The van der Waals surface area contributed by atoms with Gasteiger partial charge in [-0.2, -0.15) is 0 Å². The van der Waals surface area contributed by atoms with Crippen molar-refractivity contribution in [2.24, 2.45) is 5.92 Å². The van der Waals surface area contributed by atoms with Crippen LogP contribution in [0.25, 0.3) is 0 Å². The number of oxazole rings is 1. The number of carbonyl (C=O) groups excluding carboxylic acids is 2. The van der Waals surface area contributed by atoms with Gasteiger partial charge in [0.25, 0.3) is 5.91 Å². The molecule has 1 fully saturated rings. The predicted octanol–water partition coefficient (Wildman–Crippen LogP) is 1.96. The van der Waals surface area contributed by atoms with Crippen molar-refractivity contribution in [2.45, 2.75) is 46.1 Å². The molecule has 0 aromatic carbocycles. The van der Waals surface area contributed by atoms with Gasteiger partial charge in [0.05, 0.1) is 6.54 Å². The summed E-state index contributed by atoms with van der Waals surface area (Å²) in [5, 5.41) is 2.75. The van der Waals surface area contributed by atoms with E-state index in [4.69, 9.17) is 4.42 Å². The summed E-state index contributed by atoms with van der Waals surface area (Å²) in [5.74, 6) is 0.535. The third-order valence-electron chi connectivity index (χ3n) is 3.38. The Hall–Kier alpha value is -1.85. The summed E-state index contributed by atoms with van der Waals surface area (Å²) < 4.78 is 5.33. The van der Waals surface area contributed by atoms with E-state index in [2.05, 4.69) is 10.3 Å². The largest absolute Gasteiger partial charge is 0.446 e. The highest BCUT2D eigenvalue weighted by molar-refractivity contribution is 5.91. The Morgan fingerprint density at radius 1 is 1.38 bits per heavy atom. The molecule has 21 heavy (non-hydrogen) atoms. The number of hydrogen-bond acceptors (Lipinski definition) is 4. The topological polar surface area (TPSA) is 75.4 Å². The first-order valence-electron chi connectivity index (χ1n) is 7.67. The van der Waals surface area contributed by atoms with E-state index in [9.17, 15) is 9.59 Å². The van der Waals surface area contributed by atoms with Crippen LogP contribution < -0.4 is 5.32 Å². The van der Waals surface area contributed by atoms with Crippen molar-refractivity contribution in [1.29, 1.82) is 0 Å². The van der Waals surface area contributed by atoms with E-state index in [1.54, 1.807) is 4.90 Å². The van der Waals surface area contributed by atoms with Gasteiger partial charge in [0.1, 0.15) is 6.26 Å². The number of amides is 2. The lowest BCUT2D eigenvalue weighted by molar-refractivity contribution is -0.133. The van der Waals surface area contributed by atoms with E-state index in [1.165, 1.54) is 6.26 Å². The van der Waals surface area contributed by atoms with E-state index in [-0.39, 0.29) is 23.4 Å². The molecule has 1 aliphatic carbocycles. The first-order valence-corrected chi connectivity index (χ1v) is 7.67. The quantitative estimate of drug-likeness (QED) is 0.795. The Morgan fingerprint density at radius 3 is 2.76 bits per heavy atom. The zero-order valence-electron chi connectivity index (χ0n) is 12.7. The van der Waals surface area contributed by atoms with Gasteiger partial charge in [-0.25, -0.2) is 4.98 Å². The van der Waals surface area contributed by atoms with Crippen LogP contribution in [0.5, 0.6) is 0 Å². The second-order valence-corrected chi connectivity index (χ2v) is 5.42. The molecule has 1 aliphatic rings. The number of hydrogen-bond donors (Lipinski definition) is 1. The van der Waals surface area contributed by atoms with Crippen LogP contribution >= 0.6 is 0 Å². The Labute approximate surface area is 124 Å². The minimum Gasteiger partial charge on any atom is -0.446 e. The Bertz CT molecular complexity index is 494. The maximum Gasteiger partial charge on any atom is 0.273 e. The summed E-state index contributed by atoms with van der Waals surface area (Å²) in [6.07, 6.45) is 5.08. The standard InChI is InChI=1S/C15H23N3O3/c1-3-7-16-14(19)12-10-21-13(17-12)9-18(8-4-2)15(20)11-5-6-11/h10-11H,3-9H2,1-2H3,(H,16,19). The van der Waals surface area contributed by atoms with E-state index in [0.717, 1.165) is 25.7 Å². The molecule has 1 aromatic rings. The monoisotopic (exact) mass is 293 g/mol. The van der Waals surface area contributed by atoms with E-state index < -0.39 is 0 Å². The lowest BCUT2D eigenvalue weighted by Crippen LogP contribution is -2.32. The fourth-order valence-electron chi connectivity index (χ4n) is 2.11. The number of nitrogens with zero attached hydrogens (tertiary/aromatic N) is 2. The van der Waals surface area contributed by atoms with Crippen LogP contribution in [0.15, 0.2) is 10.7 Å². The van der Waals surface area contributed by atoms with Gasteiger partial charge in [0.2, 0.25) is 11.8 Å². The highest BCUT2D eigenvalue weighted by Gasteiger charge is 2.33. The minimum atomic E-state index is -0.234. The molecule has 0 unspecified atom stereocenters. The average Bonchev–Trinajstić information content (AvgIpc) is 3.23. The first-order chi connectivity index (χ1) is 10.2. The van der Waals surface area contributed by atoms with Crippen molar-refractivity contribution in [1.82, 2.24) is 15.2 Å². The third kappa shape index (κ3) is 4.31. The van der Waals surface area contributed by atoms with Crippen molar-refractivity contribution in [3.05, 3.63) is 17.8 Å².